The number of carboxylic acids is 1. The third-order valence-corrected chi connectivity index (χ3v) is 8.28. The van der Waals surface area contributed by atoms with E-state index in [1.165, 1.54) is 24.1 Å². The topological polar surface area (TPSA) is 88.9 Å². The van der Waals surface area contributed by atoms with E-state index in [4.69, 9.17) is 9.97 Å². The second-order valence-electron chi connectivity index (χ2n) is 9.01. The summed E-state index contributed by atoms with van der Waals surface area (Å²) in [5, 5.41) is 13.7. The fraction of sp³-hybridized carbons (Fsp3) is 0.423. The molecule has 1 atom stereocenters. The van der Waals surface area contributed by atoms with Gasteiger partial charge >= 0.3 is 5.97 Å². The number of rotatable bonds is 9. The molecule has 0 aliphatic heterocycles. The first kappa shape index (κ1) is 23.1. The van der Waals surface area contributed by atoms with Gasteiger partial charge in [-0.15, -0.1) is 22.7 Å². The number of benzene rings is 1. The Labute approximate surface area is 207 Å². The van der Waals surface area contributed by atoms with E-state index in [-0.39, 0.29) is 12.3 Å². The summed E-state index contributed by atoms with van der Waals surface area (Å²) in [5.74, 6) is 0.0226. The molecule has 3 heterocycles. The van der Waals surface area contributed by atoms with Crippen LogP contribution in [0.4, 0.5) is 0 Å². The van der Waals surface area contributed by atoms with Crippen LogP contribution in [0.2, 0.25) is 0 Å². The molecular formula is C26H28N4O2S2. The van der Waals surface area contributed by atoms with Crippen molar-refractivity contribution in [1.82, 2.24) is 19.9 Å². The Bertz CT molecular complexity index is 1310. The minimum absolute atomic E-state index is 0.0805. The van der Waals surface area contributed by atoms with Crippen LogP contribution in [0.5, 0.6) is 0 Å². The van der Waals surface area contributed by atoms with E-state index in [0.717, 1.165) is 69.4 Å². The van der Waals surface area contributed by atoms with Crippen molar-refractivity contribution in [3.05, 3.63) is 68.1 Å². The van der Waals surface area contributed by atoms with Gasteiger partial charge in [0.1, 0.15) is 5.82 Å². The first-order chi connectivity index (χ1) is 16.5. The molecule has 0 saturated heterocycles. The van der Waals surface area contributed by atoms with Gasteiger partial charge < -0.3 is 5.11 Å². The number of aryl methyl sites for hydroxylation is 5. The van der Waals surface area contributed by atoms with Crippen molar-refractivity contribution < 1.29 is 9.90 Å². The third-order valence-electron chi connectivity index (χ3n) is 6.37. The van der Waals surface area contributed by atoms with E-state index in [0.29, 0.717) is 6.42 Å². The Morgan fingerprint density at radius 2 is 2.03 bits per heavy atom. The highest BCUT2D eigenvalue weighted by atomic mass is 32.1. The summed E-state index contributed by atoms with van der Waals surface area (Å²) in [4.78, 5) is 30.3. The summed E-state index contributed by atoms with van der Waals surface area (Å²) < 4.78 is 1.13. The molecule has 0 amide bonds. The zero-order valence-corrected chi connectivity index (χ0v) is 20.9. The van der Waals surface area contributed by atoms with E-state index in [1.807, 2.05) is 25.3 Å². The normalized spacial score (nSPS) is 14.3. The molecule has 3 aromatic heterocycles. The summed E-state index contributed by atoms with van der Waals surface area (Å²) in [6, 6.07) is 6.14. The highest BCUT2D eigenvalue weighted by Gasteiger charge is 2.19. The van der Waals surface area contributed by atoms with Crippen molar-refractivity contribution in [1.29, 1.82) is 0 Å². The van der Waals surface area contributed by atoms with Gasteiger partial charge in [0.25, 0.3) is 0 Å². The van der Waals surface area contributed by atoms with Crippen LogP contribution in [-0.4, -0.2) is 31.0 Å². The molecule has 0 radical (unpaired) electrons. The van der Waals surface area contributed by atoms with Crippen LogP contribution in [0.25, 0.3) is 10.2 Å². The number of aliphatic carboxylic acids is 1. The van der Waals surface area contributed by atoms with Gasteiger partial charge in [0.15, 0.2) is 0 Å². The summed E-state index contributed by atoms with van der Waals surface area (Å²) in [7, 11) is 0. The molecule has 5 rings (SSSR count). The summed E-state index contributed by atoms with van der Waals surface area (Å²) >= 11 is 3.32. The van der Waals surface area contributed by atoms with Gasteiger partial charge in [-0.25, -0.2) is 19.9 Å². The van der Waals surface area contributed by atoms with E-state index in [2.05, 4.69) is 21.4 Å². The number of hydrogen-bond acceptors (Lipinski definition) is 7. The van der Waals surface area contributed by atoms with Crippen LogP contribution < -0.4 is 0 Å². The predicted molar refractivity (Wildman–Crippen MR) is 136 cm³/mol. The minimum Gasteiger partial charge on any atom is -0.481 e. The van der Waals surface area contributed by atoms with Gasteiger partial charge in [-0.1, -0.05) is 6.07 Å². The molecule has 8 heteroatoms. The summed E-state index contributed by atoms with van der Waals surface area (Å²) in [5.41, 5.74) is 5.48. The first-order valence-corrected chi connectivity index (χ1v) is 13.6. The van der Waals surface area contributed by atoms with Gasteiger partial charge in [-0.05, 0) is 81.0 Å². The third kappa shape index (κ3) is 5.50. The lowest BCUT2D eigenvalue weighted by Crippen LogP contribution is -2.10. The molecule has 0 fully saturated rings. The van der Waals surface area contributed by atoms with E-state index >= 15 is 0 Å². The second-order valence-corrected chi connectivity index (χ2v) is 11.2. The lowest BCUT2D eigenvalue weighted by Gasteiger charge is -2.14. The van der Waals surface area contributed by atoms with Gasteiger partial charge in [0, 0.05) is 23.7 Å². The highest BCUT2D eigenvalue weighted by Crippen LogP contribution is 2.30. The molecular weight excluding hydrogens is 464 g/mol. The zero-order chi connectivity index (χ0) is 23.5. The lowest BCUT2D eigenvalue weighted by molar-refractivity contribution is -0.137. The van der Waals surface area contributed by atoms with E-state index in [1.54, 1.807) is 22.7 Å². The standard InChI is InChI=1S/C26H28N4O2S2/c1-16-28-22-12-17(9-10-23(22)34-16)19(13-26(31)32)11-20-15-33-25(29-20)8-4-7-24-27-14-18-5-2-3-6-21(18)30-24/h9-10,12,14-15,19H,2-8,11,13H2,1H3,(H,31,32). The van der Waals surface area contributed by atoms with Crippen molar-refractivity contribution in [2.45, 2.75) is 70.6 Å². The molecule has 176 valence electrons. The molecule has 1 aromatic carbocycles. The number of hydrogen-bond donors (Lipinski definition) is 1. The molecule has 0 spiro atoms. The number of carboxylic acid groups (broad SMARTS) is 1. The predicted octanol–water partition coefficient (Wildman–Crippen LogP) is 5.71. The number of carbonyl (C=O) groups is 1. The fourth-order valence-corrected chi connectivity index (χ4v) is 6.34. The van der Waals surface area contributed by atoms with E-state index in [9.17, 15) is 9.90 Å². The van der Waals surface area contributed by atoms with Crippen molar-refractivity contribution in [2.75, 3.05) is 0 Å². The van der Waals surface area contributed by atoms with Crippen LogP contribution in [0, 0.1) is 6.92 Å². The minimum atomic E-state index is -0.792. The Morgan fingerprint density at radius 3 is 2.91 bits per heavy atom. The van der Waals surface area contributed by atoms with Crippen LogP contribution >= 0.6 is 22.7 Å². The van der Waals surface area contributed by atoms with Crippen LogP contribution in [0.3, 0.4) is 0 Å². The smallest absolute Gasteiger partial charge is 0.303 e. The molecule has 0 bridgehead atoms. The van der Waals surface area contributed by atoms with Crippen molar-refractivity contribution in [3.8, 4) is 0 Å². The Balaban J connectivity index is 1.22. The van der Waals surface area contributed by atoms with Gasteiger partial charge in [-0.2, -0.15) is 0 Å². The monoisotopic (exact) mass is 492 g/mol. The number of aromatic nitrogens is 4. The SMILES string of the molecule is Cc1nc2cc(C(CC(=O)O)Cc3csc(CCCc4ncc5c(n4)CCCC5)n3)ccc2s1. The summed E-state index contributed by atoms with van der Waals surface area (Å²) in [6.45, 7) is 1.99. The lowest BCUT2D eigenvalue weighted by atomic mass is 9.91. The first-order valence-electron chi connectivity index (χ1n) is 11.9. The molecule has 1 aliphatic rings. The van der Waals surface area contributed by atoms with Crippen molar-refractivity contribution in [3.63, 3.8) is 0 Å². The Hall–Kier alpha value is -2.71. The average Bonchev–Trinajstić information content (AvgIpc) is 3.42. The fourth-order valence-electron chi connectivity index (χ4n) is 4.68. The van der Waals surface area contributed by atoms with Gasteiger partial charge in [-0.3, -0.25) is 4.79 Å². The van der Waals surface area contributed by atoms with E-state index < -0.39 is 5.97 Å². The quantitative estimate of drug-likeness (QED) is 0.322. The Kier molecular flexibility index (Phi) is 6.97. The molecule has 4 aromatic rings. The zero-order valence-electron chi connectivity index (χ0n) is 19.3. The molecule has 1 N–H and O–H groups in total. The van der Waals surface area contributed by atoms with Gasteiger partial charge in [0.05, 0.1) is 32.3 Å². The molecule has 6 nitrogen and oxygen atoms in total. The number of fused-ring (bicyclic) bond motifs is 2. The average molecular weight is 493 g/mol. The molecule has 1 aliphatic carbocycles. The molecule has 34 heavy (non-hydrogen) atoms. The molecule has 0 saturated carbocycles. The largest absolute Gasteiger partial charge is 0.481 e. The maximum absolute atomic E-state index is 11.6. The van der Waals surface area contributed by atoms with Crippen LogP contribution in [0.15, 0.2) is 29.8 Å². The van der Waals surface area contributed by atoms with Gasteiger partial charge in [0.2, 0.25) is 0 Å². The maximum Gasteiger partial charge on any atom is 0.303 e. The number of nitrogens with zero attached hydrogens (tertiary/aromatic N) is 4. The van der Waals surface area contributed by atoms with Crippen molar-refractivity contribution in [2.24, 2.45) is 0 Å². The highest BCUT2D eigenvalue weighted by molar-refractivity contribution is 7.18. The summed E-state index contributed by atoms with van der Waals surface area (Å²) in [6.07, 6.45) is 10.1. The van der Waals surface area contributed by atoms with Crippen molar-refractivity contribution >= 4 is 38.9 Å². The van der Waals surface area contributed by atoms with Crippen LogP contribution in [-0.2, 0) is 36.9 Å². The number of thiazole rings is 2. The maximum atomic E-state index is 11.6. The Morgan fingerprint density at radius 1 is 1.15 bits per heavy atom. The van der Waals surface area contributed by atoms with Crippen LogP contribution in [0.1, 0.15) is 70.0 Å². The molecule has 1 unspecified atom stereocenters. The second kappa shape index (κ2) is 10.3.